The van der Waals surface area contributed by atoms with E-state index in [1.165, 1.54) is 0 Å². The number of hydrogen-bond acceptors (Lipinski definition) is 4. The quantitative estimate of drug-likeness (QED) is 0.485. The highest BCUT2D eigenvalue weighted by atomic mass is 32.1. The third-order valence-electron chi connectivity index (χ3n) is 2.37. The fourth-order valence-corrected chi connectivity index (χ4v) is 1.42. The van der Waals surface area contributed by atoms with Gasteiger partial charge in [-0.3, -0.25) is 10.4 Å². The topological polar surface area (TPSA) is 62.2 Å². The first-order valence-corrected chi connectivity index (χ1v) is 5.85. The minimum Gasteiger partial charge on any atom is -0.364 e. The van der Waals surface area contributed by atoms with Gasteiger partial charge >= 0.3 is 0 Å². The Balaban J connectivity index is 2.27. The van der Waals surface area contributed by atoms with Gasteiger partial charge in [0.2, 0.25) is 0 Å². The molecule has 18 heavy (non-hydrogen) atoms. The number of hydrogen-bond donors (Lipinski definition) is 2. The van der Waals surface area contributed by atoms with Crippen molar-refractivity contribution in [2.75, 3.05) is 7.05 Å². The van der Waals surface area contributed by atoms with Gasteiger partial charge in [0, 0.05) is 7.05 Å². The summed E-state index contributed by atoms with van der Waals surface area (Å²) in [6.45, 7) is 1.85. The number of rotatable bonds is 2. The van der Waals surface area contributed by atoms with Crippen molar-refractivity contribution in [3.63, 3.8) is 0 Å². The van der Waals surface area contributed by atoms with E-state index < -0.39 is 0 Å². The number of nitrogens with one attached hydrogen (secondary N) is 2. The zero-order valence-corrected chi connectivity index (χ0v) is 11.0. The normalized spacial score (nSPS) is 11.3. The first-order chi connectivity index (χ1) is 8.70. The van der Waals surface area contributed by atoms with Crippen molar-refractivity contribution in [3.05, 3.63) is 36.2 Å². The summed E-state index contributed by atoms with van der Waals surface area (Å²) in [5, 5.41) is 7.37. The van der Waals surface area contributed by atoms with Crippen molar-refractivity contribution >= 4 is 34.1 Å². The molecule has 6 heteroatoms. The van der Waals surface area contributed by atoms with Gasteiger partial charge in [-0.1, -0.05) is 12.1 Å². The maximum atomic E-state index is 4.94. The zero-order chi connectivity index (χ0) is 13.0. The monoisotopic (exact) mass is 259 g/mol. The van der Waals surface area contributed by atoms with E-state index in [0.29, 0.717) is 5.11 Å². The van der Waals surface area contributed by atoms with Gasteiger partial charge in [-0.05, 0) is 31.3 Å². The second-order valence-corrected chi connectivity index (χ2v) is 4.04. The molecule has 2 N–H and O–H groups in total. The van der Waals surface area contributed by atoms with E-state index in [-0.39, 0.29) is 0 Å². The van der Waals surface area contributed by atoms with Crippen LogP contribution in [0.5, 0.6) is 0 Å². The molecule has 5 nitrogen and oxygen atoms in total. The van der Waals surface area contributed by atoms with Gasteiger partial charge in [-0.25, -0.2) is 4.98 Å². The fraction of sp³-hybridized carbons (Fsp3) is 0.167. The molecular weight excluding hydrogens is 246 g/mol. The van der Waals surface area contributed by atoms with Crippen molar-refractivity contribution < 1.29 is 0 Å². The molecule has 0 aliphatic rings. The summed E-state index contributed by atoms with van der Waals surface area (Å²) in [5.41, 5.74) is 5.89. The Morgan fingerprint density at radius 2 is 2.00 bits per heavy atom. The van der Waals surface area contributed by atoms with Crippen LogP contribution >= 0.6 is 12.2 Å². The second kappa shape index (κ2) is 5.50. The third-order valence-corrected chi connectivity index (χ3v) is 2.67. The van der Waals surface area contributed by atoms with E-state index in [1.807, 2.05) is 31.2 Å². The highest BCUT2D eigenvalue weighted by molar-refractivity contribution is 7.80. The lowest BCUT2D eigenvalue weighted by Gasteiger charge is -2.04. The number of nitrogens with zero attached hydrogens (tertiary/aromatic N) is 3. The van der Waals surface area contributed by atoms with Gasteiger partial charge in [-0.2, -0.15) is 5.10 Å². The van der Waals surface area contributed by atoms with Crippen LogP contribution in [-0.4, -0.2) is 27.8 Å². The highest BCUT2D eigenvalue weighted by Crippen LogP contribution is 2.08. The Bertz CT molecular complexity index is 608. The maximum Gasteiger partial charge on any atom is 0.186 e. The average molecular weight is 259 g/mol. The molecule has 0 aliphatic heterocycles. The predicted octanol–water partition coefficient (Wildman–Crippen LogP) is 1.45. The first-order valence-electron chi connectivity index (χ1n) is 5.45. The van der Waals surface area contributed by atoms with Crippen LogP contribution in [0.15, 0.2) is 35.6 Å². The second-order valence-electron chi connectivity index (χ2n) is 3.63. The van der Waals surface area contributed by atoms with Crippen molar-refractivity contribution in [3.8, 4) is 0 Å². The summed E-state index contributed by atoms with van der Waals surface area (Å²) in [4.78, 5) is 8.81. The van der Waals surface area contributed by atoms with Crippen LogP contribution in [0.4, 0.5) is 0 Å². The van der Waals surface area contributed by atoms with E-state index in [9.17, 15) is 0 Å². The molecule has 0 spiro atoms. The molecule has 0 amide bonds. The fourth-order valence-electron chi connectivity index (χ4n) is 1.38. The maximum absolute atomic E-state index is 4.94. The molecule has 0 radical (unpaired) electrons. The average Bonchev–Trinajstić information content (AvgIpc) is 2.43. The molecular formula is C12H13N5S. The number of fused-ring (bicyclic) bond motifs is 1. The van der Waals surface area contributed by atoms with E-state index in [4.69, 9.17) is 12.2 Å². The van der Waals surface area contributed by atoms with Crippen molar-refractivity contribution in [1.29, 1.82) is 0 Å². The van der Waals surface area contributed by atoms with Crippen LogP contribution < -0.4 is 10.7 Å². The van der Waals surface area contributed by atoms with E-state index in [2.05, 4.69) is 25.8 Å². The lowest BCUT2D eigenvalue weighted by molar-refractivity contribution is 0.971. The summed E-state index contributed by atoms with van der Waals surface area (Å²) in [5.74, 6) is 0. The Hall–Kier alpha value is -2.08. The molecule has 1 aromatic heterocycles. The van der Waals surface area contributed by atoms with E-state index >= 15 is 0 Å². The molecule has 1 aromatic carbocycles. The molecule has 0 aliphatic carbocycles. The molecule has 92 valence electrons. The van der Waals surface area contributed by atoms with Crippen LogP contribution in [0.2, 0.25) is 0 Å². The molecule has 0 bridgehead atoms. The Morgan fingerprint density at radius 1 is 1.28 bits per heavy atom. The zero-order valence-electron chi connectivity index (χ0n) is 10.1. The highest BCUT2D eigenvalue weighted by Gasteiger charge is 2.02. The molecule has 0 saturated heterocycles. The number of para-hydroxylation sites is 2. The standard InChI is InChI=1S/C12H13N5S/c1-8(16-17-12(18)13-2)11-7-14-9-5-3-4-6-10(9)15-11/h3-7H,1-2H3,(H2,13,17,18)/b16-8+. The van der Waals surface area contributed by atoms with Gasteiger partial charge in [-0.15, -0.1) is 0 Å². The van der Waals surface area contributed by atoms with Crippen LogP contribution in [0, 0.1) is 0 Å². The summed E-state index contributed by atoms with van der Waals surface area (Å²) in [6, 6.07) is 7.71. The largest absolute Gasteiger partial charge is 0.364 e. The summed E-state index contributed by atoms with van der Waals surface area (Å²) >= 11 is 4.94. The van der Waals surface area contributed by atoms with Crippen LogP contribution in [-0.2, 0) is 0 Å². The van der Waals surface area contributed by atoms with Crippen LogP contribution in [0.1, 0.15) is 12.6 Å². The lowest BCUT2D eigenvalue weighted by Crippen LogP contribution is -2.29. The first kappa shape index (κ1) is 12.4. The molecule has 0 saturated carbocycles. The van der Waals surface area contributed by atoms with E-state index in [0.717, 1.165) is 22.4 Å². The lowest BCUT2D eigenvalue weighted by atomic mass is 10.2. The SMILES string of the molecule is CNC(=S)N/N=C(\C)c1cnc2ccccc2n1. The summed E-state index contributed by atoms with van der Waals surface area (Å²) in [7, 11) is 1.73. The Labute approximate surface area is 110 Å². The Morgan fingerprint density at radius 3 is 2.72 bits per heavy atom. The van der Waals surface area contributed by atoms with Crippen LogP contribution in [0.3, 0.4) is 0 Å². The smallest absolute Gasteiger partial charge is 0.186 e. The predicted molar refractivity (Wildman–Crippen MR) is 76.5 cm³/mol. The van der Waals surface area contributed by atoms with Crippen molar-refractivity contribution in [1.82, 2.24) is 20.7 Å². The van der Waals surface area contributed by atoms with Gasteiger partial charge in [0.25, 0.3) is 0 Å². The number of benzene rings is 1. The van der Waals surface area contributed by atoms with Gasteiger partial charge in [0.15, 0.2) is 5.11 Å². The molecule has 0 unspecified atom stereocenters. The van der Waals surface area contributed by atoms with Gasteiger partial charge in [0.05, 0.1) is 22.9 Å². The van der Waals surface area contributed by atoms with Crippen molar-refractivity contribution in [2.24, 2.45) is 5.10 Å². The molecule has 2 aromatic rings. The van der Waals surface area contributed by atoms with Crippen LogP contribution in [0.25, 0.3) is 11.0 Å². The van der Waals surface area contributed by atoms with Gasteiger partial charge in [0.1, 0.15) is 5.69 Å². The number of thiocarbonyl (C=S) groups is 1. The van der Waals surface area contributed by atoms with Crippen molar-refractivity contribution in [2.45, 2.75) is 6.92 Å². The Kier molecular flexibility index (Phi) is 3.78. The van der Waals surface area contributed by atoms with E-state index in [1.54, 1.807) is 13.2 Å². The molecule has 0 fully saturated rings. The molecule has 1 heterocycles. The van der Waals surface area contributed by atoms with Gasteiger partial charge < -0.3 is 5.32 Å². The number of aromatic nitrogens is 2. The third kappa shape index (κ3) is 2.78. The minimum absolute atomic E-state index is 0.461. The molecule has 0 atom stereocenters. The summed E-state index contributed by atoms with van der Waals surface area (Å²) in [6.07, 6.45) is 1.70. The minimum atomic E-state index is 0.461. The summed E-state index contributed by atoms with van der Waals surface area (Å²) < 4.78 is 0. The number of hydrazone groups is 1. The molecule has 2 rings (SSSR count).